The molecule has 1 aromatic carbocycles. The van der Waals surface area contributed by atoms with Crippen molar-refractivity contribution in [2.45, 2.75) is 70.0 Å². The molecule has 3 heterocycles. The van der Waals surface area contributed by atoms with E-state index in [2.05, 4.69) is 12.1 Å². The summed E-state index contributed by atoms with van der Waals surface area (Å²) in [6.07, 6.45) is 0.452. The number of hydrogen-bond acceptors (Lipinski definition) is 5. The van der Waals surface area contributed by atoms with Gasteiger partial charge in [0, 0.05) is 45.7 Å². The Morgan fingerprint density at radius 3 is 2.19 bits per heavy atom. The van der Waals surface area contributed by atoms with Gasteiger partial charge in [0.2, 0.25) is 11.8 Å². The van der Waals surface area contributed by atoms with Gasteiger partial charge in [-0.05, 0) is 56.4 Å². The van der Waals surface area contributed by atoms with E-state index in [0.717, 1.165) is 35.5 Å². The number of aryl methyl sites for hydroxylation is 1. The maximum atomic E-state index is 13.1. The molecule has 0 saturated carbocycles. The third-order valence-electron chi connectivity index (χ3n) is 8.71. The minimum atomic E-state index is -4.96. The molecule has 5 amide bonds. The fourth-order valence-corrected chi connectivity index (χ4v) is 6.29. The quantitative estimate of drug-likeness (QED) is 0.321. The highest BCUT2D eigenvalue weighted by molar-refractivity contribution is 6.07. The maximum Gasteiger partial charge on any atom is 0.471 e. The molecule has 1 N–H and O–H groups in total. The lowest BCUT2D eigenvalue weighted by Gasteiger charge is -2.46. The molecule has 1 aromatic rings. The summed E-state index contributed by atoms with van der Waals surface area (Å²) in [6, 6.07) is 8.09. The van der Waals surface area contributed by atoms with E-state index in [1.54, 1.807) is 4.90 Å². The highest BCUT2D eigenvalue weighted by Gasteiger charge is 2.55. The third-order valence-corrected chi connectivity index (χ3v) is 8.71. The van der Waals surface area contributed by atoms with Gasteiger partial charge in [0.25, 0.3) is 0 Å². The van der Waals surface area contributed by atoms with Crippen LogP contribution in [0.2, 0.25) is 0 Å². The number of amides is 5. The number of piperazine rings is 1. The van der Waals surface area contributed by atoms with Crippen molar-refractivity contribution in [3.05, 3.63) is 35.9 Å². The molecule has 0 spiro atoms. The molecule has 3 saturated heterocycles. The Balaban J connectivity index is 1.19. The number of likely N-dealkylation sites (tertiary alicyclic amines) is 2. The molecule has 0 aromatic heterocycles. The van der Waals surface area contributed by atoms with Crippen LogP contribution in [0, 0.1) is 11.8 Å². The van der Waals surface area contributed by atoms with Crippen molar-refractivity contribution in [3.63, 3.8) is 0 Å². The molecule has 43 heavy (non-hydrogen) atoms. The number of rotatable bonds is 10. The van der Waals surface area contributed by atoms with E-state index in [1.165, 1.54) is 10.5 Å². The van der Waals surface area contributed by atoms with E-state index in [-0.39, 0.29) is 50.8 Å². The van der Waals surface area contributed by atoms with Crippen LogP contribution in [0.4, 0.5) is 18.0 Å². The first-order chi connectivity index (χ1) is 20.5. The number of benzene rings is 1. The van der Waals surface area contributed by atoms with Crippen LogP contribution in [0.15, 0.2) is 30.3 Å². The van der Waals surface area contributed by atoms with Gasteiger partial charge in [0.15, 0.2) is 6.04 Å². The molecule has 3 aliphatic rings. The summed E-state index contributed by atoms with van der Waals surface area (Å²) >= 11 is 0. The van der Waals surface area contributed by atoms with E-state index in [0.29, 0.717) is 32.4 Å². The lowest BCUT2D eigenvalue weighted by Crippen LogP contribution is -2.69. The van der Waals surface area contributed by atoms with E-state index >= 15 is 0 Å². The number of hydrogen-bond donors (Lipinski definition) is 1. The molecular formula is C30H39F3N4O6. The Labute approximate surface area is 248 Å². The van der Waals surface area contributed by atoms with Crippen molar-refractivity contribution in [2.24, 2.45) is 11.8 Å². The Morgan fingerprint density at radius 2 is 1.53 bits per heavy atom. The monoisotopic (exact) mass is 608 g/mol. The van der Waals surface area contributed by atoms with Crippen LogP contribution in [0.5, 0.6) is 0 Å². The second kappa shape index (κ2) is 14.2. The maximum absolute atomic E-state index is 13.1. The average Bonchev–Trinajstić information content (AvgIpc) is 2.99. The Kier molecular flexibility index (Phi) is 10.7. The van der Waals surface area contributed by atoms with Crippen molar-refractivity contribution in [1.82, 2.24) is 19.6 Å². The van der Waals surface area contributed by atoms with Gasteiger partial charge in [-0.15, -0.1) is 0 Å². The number of imide groups is 1. The van der Waals surface area contributed by atoms with Gasteiger partial charge >= 0.3 is 24.1 Å². The number of alkyl halides is 3. The smallest absolute Gasteiger partial charge is 0.471 e. The lowest BCUT2D eigenvalue weighted by atomic mass is 9.80. The molecule has 0 bridgehead atoms. The standard InChI is InChI=1S/C30H39F3N4O6/c31-30(32,33)28(42)36-15-7-11-22(20-36)13-14-23-25(27(40)41)37(26(23)39)29(43)35-18-16-34(17-19-35)24(38)12-6-2-5-10-21-8-3-1-4-9-21/h1,3-4,8-9,22-23,25H,2,5-7,10-20H2,(H,40,41)/t22?,23-,25+/m1/s1. The number of halogens is 3. The molecule has 236 valence electrons. The van der Waals surface area contributed by atoms with Gasteiger partial charge in [-0.1, -0.05) is 36.8 Å². The number of carboxylic acids is 1. The summed E-state index contributed by atoms with van der Waals surface area (Å²) in [7, 11) is 0. The first-order valence-corrected chi connectivity index (χ1v) is 15.0. The zero-order chi connectivity index (χ0) is 31.1. The van der Waals surface area contributed by atoms with Crippen LogP contribution in [0.25, 0.3) is 0 Å². The van der Waals surface area contributed by atoms with Gasteiger partial charge in [0.05, 0.1) is 5.92 Å². The first kappa shape index (κ1) is 32.3. The van der Waals surface area contributed by atoms with Crippen LogP contribution < -0.4 is 0 Å². The zero-order valence-corrected chi connectivity index (χ0v) is 24.1. The molecule has 13 heteroatoms. The summed E-state index contributed by atoms with van der Waals surface area (Å²) in [6.45, 7) is 0.870. The lowest BCUT2D eigenvalue weighted by molar-refractivity contribution is -0.187. The van der Waals surface area contributed by atoms with Crippen LogP contribution in [0.3, 0.4) is 0 Å². The predicted octanol–water partition coefficient (Wildman–Crippen LogP) is 3.55. The number of carbonyl (C=O) groups excluding carboxylic acids is 4. The predicted molar refractivity (Wildman–Crippen MR) is 149 cm³/mol. The first-order valence-electron chi connectivity index (χ1n) is 15.0. The molecule has 10 nitrogen and oxygen atoms in total. The highest BCUT2D eigenvalue weighted by Crippen LogP contribution is 2.35. The van der Waals surface area contributed by atoms with Crippen molar-refractivity contribution in [3.8, 4) is 0 Å². The van der Waals surface area contributed by atoms with Crippen LogP contribution in [-0.2, 0) is 25.6 Å². The molecule has 4 rings (SSSR count). The van der Waals surface area contributed by atoms with Crippen LogP contribution in [-0.4, -0.2) is 106 Å². The van der Waals surface area contributed by atoms with Crippen LogP contribution >= 0.6 is 0 Å². The Morgan fingerprint density at radius 1 is 0.860 bits per heavy atom. The zero-order valence-electron chi connectivity index (χ0n) is 24.1. The minimum absolute atomic E-state index is 0.00481. The molecule has 0 radical (unpaired) electrons. The van der Waals surface area contributed by atoms with Crippen molar-refractivity contribution in [1.29, 1.82) is 0 Å². The number of carbonyl (C=O) groups is 5. The topological polar surface area (TPSA) is 119 Å². The molecule has 1 unspecified atom stereocenters. The summed E-state index contributed by atoms with van der Waals surface area (Å²) < 4.78 is 38.5. The Hall–Kier alpha value is -3.64. The van der Waals surface area contributed by atoms with Crippen LogP contribution in [0.1, 0.15) is 56.9 Å². The second-order valence-electron chi connectivity index (χ2n) is 11.6. The van der Waals surface area contributed by atoms with Gasteiger partial charge in [-0.3, -0.25) is 14.4 Å². The molecular weight excluding hydrogens is 569 g/mol. The summed E-state index contributed by atoms with van der Waals surface area (Å²) in [5.74, 6) is -5.07. The number of carboxylic acid groups (broad SMARTS) is 1. The fraction of sp³-hybridized carbons (Fsp3) is 0.633. The Bertz CT molecular complexity index is 1170. The second-order valence-corrected chi connectivity index (χ2v) is 11.6. The molecule has 3 aliphatic heterocycles. The van der Waals surface area contributed by atoms with E-state index in [4.69, 9.17) is 0 Å². The van der Waals surface area contributed by atoms with Crippen molar-refractivity contribution >= 4 is 29.7 Å². The number of β-lactam (4-membered cyclic amide) rings is 1. The fourth-order valence-electron chi connectivity index (χ4n) is 6.29. The van der Waals surface area contributed by atoms with Crippen molar-refractivity contribution in [2.75, 3.05) is 39.3 Å². The van der Waals surface area contributed by atoms with Gasteiger partial charge < -0.3 is 19.8 Å². The minimum Gasteiger partial charge on any atom is -0.480 e. The number of nitrogens with zero attached hydrogens (tertiary/aromatic N) is 4. The number of piperidine rings is 1. The summed E-state index contributed by atoms with van der Waals surface area (Å²) in [4.78, 5) is 66.9. The van der Waals surface area contributed by atoms with Gasteiger partial charge in [0.1, 0.15) is 0 Å². The largest absolute Gasteiger partial charge is 0.480 e. The van der Waals surface area contributed by atoms with Gasteiger partial charge in [-0.25, -0.2) is 14.5 Å². The van der Waals surface area contributed by atoms with Crippen molar-refractivity contribution < 1.29 is 42.3 Å². The number of aliphatic carboxylic acids is 1. The summed E-state index contributed by atoms with van der Waals surface area (Å²) in [5.41, 5.74) is 1.27. The molecule has 0 aliphatic carbocycles. The van der Waals surface area contributed by atoms with E-state index in [9.17, 15) is 42.3 Å². The normalized spacial score (nSPS) is 22.8. The number of unbranched alkanes of at least 4 members (excludes halogenated alkanes) is 2. The SMILES string of the molecule is O=C(O)[C@@H]1[C@@H](CCC2CCCN(C(=O)C(F)(F)F)C2)C(=O)N1C(=O)N1CCN(C(=O)CCCCCc2ccccc2)CC1. The molecule has 3 fully saturated rings. The van der Waals surface area contributed by atoms with Gasteiger partial charge in [-0.2, -0.15) is 13.2 Å². The summed E-state index contributed by atoms with van der Waals surface area (Å²) in [5, 5.41) is 9.79. The van der Waals surface area contributed by atoms with E-state index in [1.807, 2.05) is 18.2 Å². The molecule has 3 atom stereocenters. The van der Waals surface area contributed by atoms with E-state index < -0.39 is 42.0 Å². The highest BCUT2D eigenvalue weighted by atomic mass is 19.4. The number of urea groups is 1. The third kappa shape index (κ3) is 8.05. The average molecular weight is 609 g/mol.